The van der Waals surface area contributed by atoms with Gasteiger partial charge in [-0.05, 0) is 66.9 Å². The first-order valence-electron chi connectivity index (χ1n) is 10.8. The SMILES string of the molecule is C=C1CC[C@@H]2[C@](C)(CO)[C@H](O)CC[C@@]2(C)[C@@H]1CC(Sc1cccs1)C1=CCOC1=O. The van der Waals surface area contributed by atoms with Gasteiger partial charge in [0.2, 0.25) is 0 Å². The molecular weight excluding hydrogens is 416 g/mol. The molecule has 3 aliphatic rings. The number of hydrogen-bond donors (Lipinski definition) is 2. The molecule has 0 aromatic carbocycles. The summed E-state index contributed by atoms with van der Waals surface area (Å²) in [7, 11) is 0. The quantitative estimate of drug-likeness (QED) is 0.371. The number of carbonyl (C=O) groups is 1. The van der Waals surface area contributed by atoms with Crippen molar-refractivity contribution in [2.45, 2.75) is 61.5 Å². The fraction of sp³-hybridized carbons (Fsp3) is 0.625. The highest BCUT2D eigenvalue weighted by molar-refractivity contribution is 8.01. The lowest BCUT2D eigenvalue weighted by atomic mass is 9.46. The first-order valence-corrected chi connectivity index (χ1v) is 12.6. The smallest absolute Gasteiger partial charge is 0.335 e. The van der Waals surface area contributed by atoms with Crippen molar-refractivity contribution in [2.24, 2.45) is 22.7 Å². The molecule has 2 N–H and O–H groups in total. The summed E-state index contributed by atoms with van der Waals surface area (Å²) < 4.78 is 6.45. The van der Waals surface area contributed by atoms with Gasteiger partial charge in [0.25, 0.3) is 0 Å². The standard InChI is InChI=1S/C24H32O4S2/c1-15-6-7-19-23(2,10-8-20(26)24(19,3)14-25)17(15)13-18(16-9-11-28-22(16)27)30-21-5-4-12-29-21/h4-5,9,12,17-20,25-26H,1,6-8,10-11,13-14H2,2-3H3/t17-,18?,19+,20-,23+,24+/m1/s1. The summed E-state index contributed by atoms with van der Waals surface area (Å²) in [5, 5.41) is 23.0. The van der Waals surface area contributed by atoms with E-state index in [1.54, 1.807) is 23.1 Å². The number of hydrogen-bond acceptors (Lipinski definition) is 6. The molecule has 4 rings (SSSR count). The van der Waals surface area contributed by atoms with Crippen LogP contribution in [0, 0.1) is 22.7 Å². The van der Waals surface area contributed by atoms with E-state index in [2.05, 4.69) is 24.9 Å². The van der Waals surface area contributed by atoms with Crippen LogP contribution in [0.25, 0.3) is 0 Å². The second kappa shape index (κ2) is 8.45. The molecule has 6 atom stereocenters. The van der Waals surface area contributed by atoms with Crippen LogP contribution in [-0.4, -0.2) is 40.8 Å². The van der Waals surface area contributed by atoms with Crippen LogP contribution in [-0.2, 0) is 9.53 Å². The first kappa shape index (κ1) is 22.1. The fourth-order valence-electron chi connectivity index (χ4n) is 6.20. The fourth-order valence-corrected chi connectivity index (χ4v) is 8.43. The Hall–Kier alpha value is -1.08. The molecule has 0 radical (unpaired) electrons. The number of thiophene rings is 1. The van der Waals surface area contributed by atoms with Crippen molar-refractivity contribution >= 4 is 29.1 Å². The summed E-state index contributed by atoms with van der Waals surface area (Å²) in [6.45, 7) is 9.17. The lowest BCUT2D eigenvalue weighted by Crippen LogP contribution is -2.57. The molecule has 2 fully saturated rings. The van der Waals surface area contributed by atoms with Crippen LogP contribution in [0.5, 0.6) is 0 Å². The maximum Gasteiger partial charge on any atom is 0.335 e. The Balaban J connectivity index is 1.66. The van der Waals surface area contributed by atoms with Gasteiger partial charge < -0.3 is 14.9 Å². The van der Waals surface area contributed by atoms with E-state index >= 15 is 0 Å². The number of carbonyl (C=O) groups excluding carboxylic acids is 1. The minimum Gasteiger partial charge on any atom is -0.458 e. The maximum absolute atomic E-state index is 12.4. The van der Waals surface area contributed by atoms with Gasteiger partial charge in [0.05, 0.1) is 16.9 Å². The van der Waals surface area contributed by atoms with E-state index in [1.807, 2.05) is 19.1 Å². The molecule has 1 unspecified atom stereocenters. The Kier molecular flexibility index (Phi) is 6.24. The van der Waals surface area contributed by atoms with Gasteiger partial charge in [-0.25, -0.2) is 4.79 Å². The minimum atomic E-state index is -0.492. The molecule has 4 nitrogen and oxygen atoms in total. The average Bonchev–Trinajstić information content (AvgIpc) is 3.38. The van der Waals surface area contributed by atoms with E-state index in [-0.39, 0.29) is 35.1 Å². The largest absolute Gasteiger partial charge is 0.458 e. The molecule has 0 spiro atoms. The Morgan fingerprint density at radius 3 is 2.83 bits per heavy atom. The van der Waals surface area contributed by atoms with E-state index in [1.165, 1.54) is 9.78 Å². The number of rotatable bonds is 6. The molecule has 2 aliphatic carbocycles. The zero-order valence-corrected chi connectivity index (χ0v) is 19.4. The van der Waals surface area contributed by atoms with Crippen molar-refractivity contribution < 1.29 is 19.7 Å². The third kappa shape index (κ3) is 3.70. The van der Waals surface area contributed by atoms with E-state index < -0.39 is 11.5 Å². The molecule has 0 saturated heterocycles. The third-order valence-electron chi connectivity index (χ3n) is 8.00. The van der Waals surface area contributed by atoms with Crippen LogP contribution in [0.3, 0.4) is 0 Å². The van der Waals surface area contributed by atoms with Crippen LogP contribution in [0.15, 0.2) is 45.5 Å². The van der Waals surface area contributed by atoms with Gasteiger partial charge in [-0.2, -0.15) is 0 Å². The molecule has 6 heteroatoms. The first-order chi connectivity index (χ1) is 14.3. The van der Waals surface area contributed by atoms with E-state index in [0.717, 1.165) is 31.3 Å². The summed E-state index contributed by atoms with van der Waals surface area (Å²) in [5.41, 5.74) is 1.47. The van der Waals surface area contributed by atoms with Crippen LogP contribution < -0.4 is 0 Å². The molecule has 0 bridgehead atoms. The number of esters is 1. The highest BCUT2D eigenvalue weighted by atomic mass is 32.2. The average molecular weight is 449 g/mol. The van der Waals surface area contributed by atoms with Crippen LogP contribution in [0.1, 0.15) is 46.0 Å². The summed E-state index contributed by atoms with van der Waals surface area (Å²) in [6.07, 6.45) is 5.75. The number of cyclic esters (lactones) is 1. The molecule has 1 aromatic rings. The summed E-state index contributed by atoms with van der Waals surface area (Å²) in [6, 6.07) is 4.14. The molecule has 1 aromatic heterocycles. The predicted molar refractivity (Wildman–Crippen MR) is 122 cm³/mol. The van der Waals surface area contributed by atoms with Gasteiger partial charge in [-0.15, -0.1) is 23.1 Å². The normalized spacial score (nSPS) is 37.5. The summed E-state index contributed by atoms with van der Waals surface area (Å²) in [4.78, 5) is 12.4. The van der Waals surface area contributed by atoms with E-state index in [9.17, 15) is 15.0 Å². The van der Waals surface area contributed by atoms with Gasteiger partial charge >= 0.3 is 5.97 Å². The number of ether oxygens (including phenoxy) is 1. The van der Waals surface area contributed by atoms with Crippen LogP contribution in [0.2, 0.25) is 0 Å². The lowest BCUT2D eigenvalue weighted by molar-refractivity contribution is -0.152. The van der Waals surface area contributed by atoms with E-state index in [0.29, 0.717) is 13.0 Å². The second-order valence-electron chi connectivity index (χ2n) is 9.56. The van der Waals surface area contributed by atoms with Gasteiger partial charge in [0.15, 0.2) is 0 Å². The predicted octanol–water partition coefficient (Wildman–Crippen LogP) is 4.82. The van der Waals surface area contributed by atoms with Crippen molar-refractivity contribution in [2.75, 3.05) is 13.2 Å². The highest BCUT2D eigenvalue weighted by Gasteiger charge is 2.58. The lowest BCUT2D eigenvalue weighted by Gasteiger charge is -2.60. The number of fused-ring (bicyclic) bond motifs is 1. The molecule has 164 valence electrons. The minimum absolute atomic E-state index is 0.00152. The highest BCUT2D eigenvalue weighted by Crippen LogP contribution is 2.62. The number of aliphatic hydroxyl groups is 2. The van der Waals surface area contributed by atoms with Crippen molar-refractivity contribution in [1.82, 2.24) is 0 Å². The number of allylic oxidation sites excluding steroid dienone is 1. The maximum atomic E-state index is 12.4. The monoisotopic (exact) mass is 448 g/mol. The topological polar surface area (TPSA) is 66.8 Å². The van der Waals surface area contributed by atoms with Gasteiger partial charge in [-0.1, -0.05) is 32.1 Å². The zero-order chi connectivity index (χ0) is 21.5. The van der Waals surface area contributed by atoms with Crippen molar-refractivity contribution in [3.63, 3.8) is 0 Å². The van der Waals surface area contributed by atoms with Crippen molar-refractivity contribution in [3.05, 3.63) is 41.3 Å². The Bertz CT molecular complexity index is 832. The van der Waals surface area contributed by atoms with Gasteiger partial charge in [-0.3, -0.25) is 0 Å². The molecular formula is C24H32O4S2. The third-order valence-corrected chi connectivity index (χ3v) is 10.3. The molecule has 1 aliphatic heterocycles. The Labute approximate surface area is 187 Å². The van der Waals surface area contributed by atoms with E-state index in [4.69, 9.17) is 4.74 Å². The van der Waals surface area contributed by atoms with Crippen molar-refractivity contribution in [3.8, 4) is 0 Å². The summed E-state index contributed by atoms with van der Waals surface area (Å²) in [5.74, 6) is 0.263. The van der Waals surface area contributed by atoms with Crippen LogP contribution in [0.4, 0.5) is 0 Å². The molecule has 2 saturated carbocycles. The second-order valence-corrected chi connectivity index (χ2v) is 12.0. The molecule has 30 heavy (non-hydrogen) atoms. The van der Waals surface area contributed by atoms with Crippen LogP contribution >= 0.6 is 23.1 Å². The summed E-state index contributed by atoms with van der Waals surface area (Å²) >= 11 is 3.44. The number of thioether (sulfide) groups is 1. The number of aliphatic hydroxyl groups excluding tert-OH is 2. The Morgan fingerprint density at radius 2 is 2.20 bits per heavy atom. The van der Waals surface area contributed by atoms with Gasteiger partial charge in [0.1, 0.15) is 6.61 Å². The molecule has 0 amide bonds. The zero-order valence-electron chi connectivity index (χ0n) is 17.8. The van der Waals surface area contributed by atoms with Crippen molar-refractivity contribution in [1.29, 1.82) is 0 Å². The van der Waals surface area contributed by atoms with Gasteiger partial charge in [0, 0.05) is 16.2 Å². The Morgan fingerprint density at radius 1 is 1.40 bits per heavy atom. The molecule has 2 heterocycles.